The third-order valence-electron chi connectivity index (χ3n) is 2.12. The maximum atomic E-state index is 10.7. The van der Waals surface area contributed by atoms with Crippen LogP contribution in [-0.2, 0) is 40.0 Å². The van der Waals surface area contributed by atoms with E-state index in [2.05, 4.69) is 36.1 Å². The molecule has 1 aromatic rings. The third-order valence-corrected chi connectivity index (χ3v) is 3.25. The number of nitrogens with zero attached hydrogens (tertiary/aromatic N) is 1. The summed E-state index contributed by atoms with van der Waals surface area (Å²) in [5.41, 5.74) is -8.73. The minimum absolute atomic E-state index is 0. The fourth-order valence-electron chi connectivity index (χ4n) is 0.843. The molecule has 200 valence electrons. The van der Waals surface area contributed by atoms with Gasteiger partial charge >= 0.3 is 30.8 Å². The van der Waals surface area contributed by atoms with Crippen molar-refractivity contribution in [1.82, 2.24) is 30.8 Å². The smallest absolute Gasteiger partial charge is 0.741 e. The molecule has 0 heterocycles. The Balaban J connectivity index is -0.0000000415. The van der Waals surface area contributed by atoms with E-state index in [0.29, 0.717) is 0 Å². The number of halogens is 6. The van der Waals surface area contributed by atoms with E-state index < -0.39 is 31.3 Å². The number of anilines is 1. The van der Waals surface area contributed by atoms with Crippen LogP contribution in [0.5, 0.6) is 0 Å². The number of rotatable bonds is 1. The number of hydrogen-bond acceptors (Lipinski definition) is 12. The van der Waals surface area contributed by atoms with Crippen molar-refractivity contribution in [3.63, 3.8) is 0 Å². The second-order valence-electron chi connectivity index (χ2n) is 4.53. The van der Waals surface area contributed by atoms with E-state index in [0.717, 1.165) is 0 Å². The van der Waals surface area contributed by atoms with E-state index in [1.165, 1.54) is 11.3 Å². The molecule has 0 saturated carbocycles. The van der Waals surface area contributed by atoms with Gasteiger partial charge in [0.2, 0.25) is 0 Å². The molecule has 0 aliphatic heterocycles. The zero-order valence-electron chi connectivity index (χ0n) is 17.2. The average molecular weight is 709 g/mol. The van der Waals surface area contributed by atoms with Crippen LogP contribution < -0.4 is 35.7 Å². The maximum Gasteiger partial charge on any atom is 2.00 e. The zero-order valence-corrected chi connectivity index (χ0v) is 21.4. The van der Waals surface area contributed by atoms with Gasteiger partial charge in [-0.1, -0.05) is 17.7 Å². The topological polar surface area (TPSA) is 293 Å². The summed E-state index contributed by atoms with van der Waals surface area (Å²) in [6, 6.07) is 8.48. The molecule has 21 heteroatoms. The first-order valence-corrected chi connectivity index (χ1v) is 8.80. The third kappa shape index (κ3) is 23.5. The molecule has 0 aliphatic carbocycles. The van der Waals surface area contributed by atoms with E-state index in [9.17, 15) is 26.3 Å². The van der Waals surface area contributed by atoms with Crippen molar-refractivity contribution in [3.05, 3.63) is 29.8 Å². The van der Waals surface area contributed by atoms with Crippen LogP contribution in [-0.4, -0.2) is 51.1 Å². The van der Waals surface area contributed by atoms with E-state index in [4.69, 9.17) is 25.9 Å². The summed E-state index contributed by atoms with van der Waals surface area (Å²) < 4.78 is 118. The summed E-state index contributed by atoms with van der Waals surface area (Å²) in [4.78, 5) is 2.10. The summed E-state index contributed by atoms with van der Waals surface area (Å²) in [6.07, 6.45) is 0. The summed E-state index contributed by atoms with van der Waals surface area (Å²) in [5.74, 6) is 0. The van der Waals surface area contributed by atoms with Crippen molar-refractivity contribution in [2.45, 2.75) is 17.9 Å². The van der Waals surface area contributed by atoms with Gasteiger partial charge in [0.15, 0.2) is 20.2 Å². The van der Waals surface area contributed by atoms with Crippen LogP contribution in [0.3, 0.4) is 0 Å². The van der Waals surface area contributed by atoms with Gasteiger partial charge < -0.3 is 44.8 Å². The average Bonchev–Trinajstić information content (AvgIpc) is 2.35. The van der Waals surface area contributed by atoms with E-state index in [1.807, 2.05) is 14.1 Å². The van der Waals surface area contributed by atoms with Crippen LogP contribution >= 0.6 is 0 Å². The summed E-state index contributed by atoms with van der Waals surface area (Å²) >= 11 is 0. The van der Waals surface area contributed by atoms with Crippen LogP contribution in [0.2, 0.25) is 0 Å². The number of aryl methyl sites for hydroxylation is 1. The van der Waals surface area contributed by atoms with Gasteiger partial charge in [0.05, 0.1) is 0 Å². The SMILES string of the molecule is Cc1ccc(N(C)C)cc1.N.N.N.N.N.O=S(=O)([O-])C(F)(F)F.O=S(=O)([O-])C(F)(F)F.[Os+2]. The Kier molecular flexibility index (Phi) is 31.8. The van der Waals surface area contributed by atoms with Crippen molar-refractivity contribution in [1.29, 1.82) is 0 Å². The molecular formula is C11H28F6N6O6OsS2. The van der Waals surface area contributed by atoms with E-state index in [-0.39, 0.29) is 50.5 Å². The van der Waals surface area contributed by atoms with Gasteiger partial charge in [0, 0.05) is 19.8 Å². The van der Waals surface area contributed by atoms with Crippen molar-refractivity contribution < 1.29 is 72.1 Å². The molecule has 0 unspecified atom stereocenters. The van der Waals surface area contributed by atoms with Gasteiger partial charge in [0.1, 0.15) is 0 Å². The van der Waals surface area contributed by atoms with Crippen molar-refractivity contribution >= 4 is 25.9 Å². The number of alkyl halides is 6. The molecule has 32 heavy (non-hydrogen) atoms. The molecule has 0 amide bonds. The molecule has 0 bridgehead atoms. The number of benzene rings is 1. The molecule has 0 aromatic heterocycles. The minimum Gasteiger partial charge on any atom is -0.741 e. The fraction of sp³-hybridized carbons (Fsp3) is 0.455. The second kappa shape index (κ2) is 19.3. The fourth-order valence-corrected chi connectivity index (χ4v) is 0.843. The van der Waals surface area contributed by atoms with Crippen molar-refractivity contribution in [3.8, 4) is 0 Å². The minimum atomic E-state index is -6.09. The monoisotopic (exact) mass is 710 g/mol. The number of hydrogen-bond donors (Lipinski definition) is 5. The largest absolute Gasteiger partial charge is 2.00 e. The molecule has 0 fully saturated rings. The Morgan fingerprint density at radius 1 is 0.688 bits per heavy atom. The Morgan fingerprint density at radius 3 is 1.00 bits per heavy atom. The molecular weight excluding hydrogens is 681 g/mol. The zero-order chi connectivity index (χ0) is 21.6. The first-order valence-electron chi connectivity index (χ1n) is 5.98. The summed E-state index contributed by atoms with van der Waals surface area (Å²) in [7, 11) is -8.09. The molecule has 1 rings (SSSR count). The molecule has 0 spiro atoms. The van der Waals surface area contributed by atoms with Crippen molar-refractivity contribution in [2.24, 2.45) is 0 Å². The molecule has 12 nitrogen and oxygen atoms in total. The molecule has 1 aromatic carbocycles. The first kappa shape index (κ1) is 52.7. The van der Waals surface area contributed by atoms with Crippen LogP contribution in [0.25, 0.3) is 0 Å². The van der Waals surface area contributed by atoms with E-state index >= 15 is 0 Å². The Hall–Kier alpha value is -1.14. The molecule has 0 saturated heterocycles. The second-order valence-corrected chi connectivity index (χ2v) is 7.27. The molecule has 0 radical (unpaired) electrons. The Labute approximate surface area is 195 Å². The van der Waals surface area contributed by atoms with Gasteiger partial charge in [-0.25, -0.2) is 16.8 Å². The van der Waals surface area contributed by atoms with Gasteiger partial charge in [0.25, 0.3) is 0 Å². The standard InChI is InChI=1S/C9H13N.2CHF3O3S.5H3N.Os/c1-8-4-6-9(7-5-8)10(2)3;2*2-1(3,4)8(5,6)7;;;;;;/h4-7H,1-3H3;2*(H,5,6,7);5*1H3;/q;;;;;;;;+2/p-2. The van der Waals surface area contributed by atoms with Crippen LogP contribution in [0, 0.1) is 6.92 Å². The van der Waals surface area contributed by atoms with Crippen LogP contribution in [0.15, 0.2) is 24.3 Å². The Bertz CT molecular complexity index is 734. The van der Waals surface area contributed by atoms with Crippen LogP contribution in [0.4, 0.5) is 32.0 Å². The molecule has 15 N–H and O–H groups in total. The first-order chi connectivity index (χ1) is 11.2. The molecule has 0 aliphatic rings. The summed E-state index contributed by atoms with van der Waals surface area (Å²) in [6.45, 7) is 2.10. The van der Waals surface area contributed by atoms with Gasteiger partial charge in [-0.3, -0.25) is 0 Å². The predicted octanol–water partition coefficient (Wildman–Crippen LogP) is 2.97. The van der Waals surface area contributed by atoms with Gasteiger partial charge in [-0.15, -0.1) is 0 Å². The van der Waals surface area contributed by atoms with Gasteiger partial charge in [-0.2, -0.15) is 26.3 Å². The summed E-state index contributed by atoms with van der Waals surface area (Å²) in [5, 5.41) is 0. The van der Waals surface area contributed by atoms with Gasteiger partial charge in [-0.05, 0) is 19.1 Å². The quantitative estimate of drug-likeness (QED) is 0.160. The van der Waals surface area contributed by atoms with E-state index in [1.54, 1.807) is 0 Å². The predicted molar refractivity (Wildman–Crippen MR) is 102 cm³/mol. The Morgan fingerprint density at radius 2 is 0.875 bits per heavy atom. The molecule has 0 atom stereocenters. The maximum absolute atomic E-state index is 10.7. The van der Waals surface area contributed by atoms with Crippen molar-refractivity contribution in [2.75, 3.05) is 19.0 Å². The van der Waals surface area contributed by atoms with Crippen LogP contribution in [0.1, 0.15) is 5.56 Å². The normalized spacial score (nSPS) is 9.97.